The first-order valence-corrected chi connectivity index (χ1v) is 7.51. The molecule has 0 heterocycles. The van der Waals surface area contributed by atoms with Gasteiger partial charge in [0, 0.05) is 0 Å². The van der Waals surface area contributed by atoms with E-state index in [2.05, 4.69) is 0 Å². The normalized spacial score (nSPS) is 10.1. The maximum absolute atomic E-state index is 5.92. The summed E-state index contributed by atoms with van der Waals surface area (Å²) in [6.07, 6.45) is 0. The molecule has 3 aromatic carbocycles. The topological polar surface area (TPSA) is 36.9 Å². The summed E-state index contributed by atoms with van der Waals surface area (Å²) < 4.78 is 22.1. The van der Waals surface area contributed by atoms with Crippen molar-refractivity contribution in [3.63, 3.8) is 0 Å². The SMILES string of the molecule is COc1ccc(Oc2ccccc2Oc2ccc(OC)cc2)cc1. The quantitative estimate of drug-likeness (QED) is 0.618. The second-order valence-corrected chi connectivity index (χ2v) is 5.00. The maximum atomic E-state index is 5.92. The van der Waals surface area contributed by atoms with Gasteiger partial charge in [-0.05, 0) is 60.7 Å². The molecule has 4 heteroatoms. The highest BCUT2D eigenvalue weighted by Crippen LogP contribution is 2.35. The van der Waals surface area contributed by atoms with Gasteiger partial charge in [-0.1, -0.05) is 12.1 Å². The van der Waals surface area contributed by atoms with Crippen molar-refractivity contribution < 1.29 is 18.9 Å². The van der Waals surface area contributed by atoms with Gasteiger partial charge in [-0.3, -0.25) is 0 Å². The fourth-order valence-corrected chi connectivity index (χ4v) is 2.16. The van der Waals surface area contributed by atoms with Crippen LogP contribution in [0.2, 0.25) is 0 Å². The third kappa shape index (κ3) is 3.79. The maximum Gasteiger partial charge on any atom is 0.169 e. The first-order valence-electron chi connectivity index (χ1n) is 7.51. The fourth-order valence-electron chi connectivity index (χ4n) is 2.16. The Labute approximate surface area is 141 Å². The molecule has 3 aromatic rings. The molecule has 0 amide bonds. The lowest BCUT2D eigenvalue weighted by molar-refractivity contribution is 0.405. The molecule has 0 aliphatic rings. The van der Waals surface area contributed by atoms with Crippen molar-refractivity contribution in [2.75, 3.05) is 14.2 Å². The van der Waals surface area contributed by atoms with Crippen LogP contribution in [0, 0.1) is 0 Å². The Kier molecular flexibility index (Phi) is 4.87. The van der Waals surface area contributed by atoms with Crippen LogP contribution in [-0.4, -0.2) is 14.2 Å². The first-order chi connectivity index (χ1) is 11.8. The Morgan fingerprint density at radius 3 is 1.12 bits per heavy atom. The molecule has 4 nitrogen and oxygen atoms in total. The molecule has 0 radical (unpaired) electrons. The molecule has 0 aliphatic heterocycles. The van der Waals surface area contributed by atoms with Crippen LogP contribution >= 0.6 is 0 Å². The van der Waals surface area contributed by atoms with Gasteiger partial charge in [0.15, 0.2) is 11.5 Å². The second kappa shape index (κ2) is 7.42. The number of hydrogen-bond acceptors (Lipinski definition) is 4. The summed E-state index contributed by atoms with van der Waals surface area (Å²) in [6.45, 7) is 0. The van der Waals surface area contributed by atoms with Gasteiger partial charge in [-0.2, -0.15) is 0 Å². The summed E-state index contributed by atoms with van der Waals surface area (Å²) >= 11 is 0. The van der Waals surface area contributed by atoms with E-state index in [9.17, 15) is 0 Å². The lowest BCUT2D eigenvalue weighted by atomic mass is 10.3. The largest absolute Gasteiger partial charge is 0.497 e. The highest BCUT2D eigenvalue weighted by molar-refractivity contribution is 5.46. The number of rotatable bonds is 6. The average Bonchev–Trinajstić information content (AvgIpc) is 2.64. The van der Waals surface area contributed by atoms with Gasteiger partial charge in [0.05, 0.1) is 14.2 Å². The standard InChI is InChI=1S/C20H18O4/c1-21-15-7-11-17(12-8-15)23-19-5-3-4-6-20(19)24-18-13-9-16(22-2)10-14-18/h3-14H,1-2H3. The predicted octanol–water partition coefficient (Wildman–Crippen LogP) is 5.29. The highest BCUT2D eigenvalue weighted by atomic mass is 16.5. The zero-order valence-corrected chi connectivity index (χ0v) is 13.6. The van der Waals surface area contributed by atoms with E-state index in [1.54, 1.807) is 14.2 Å². The van der Waals surface area contributed by atoms with E-state index in [0.29, 0.717) is 23.0 Å². The van der Waals surface area contributed by atoms with Crippen LogP contribution in [0.3, 0.4) is 0 Å². The molecular formula is C20H18O4. The van der Waals surface area contributed by atoms with Gasteiger partial charge >= 0.3 is 0 Å². The second-order valence-electron chi connectivity index (χ2n) is 5.00. The van der Waals surface area contributed by atoms with Crippen LogP contribution in [0.4, 0.5) is 0 Å². The summed E-state index contributed by atoms with van der Waals surface area (Å²) in [4.78, 5) is 0. The van der Waals surface area contributed by atoms with Gasteiger partial charge in [0.2, 0.25) is 0 Å². The zero-order valence-electron chi connectivity index (χ0n) is 13.6. The van der Waals surface area contributed by atoms with Crippen LogP contribution in [0.1, 0.15) is 0 Å². The Balaban J connectivity index is 1.78. The molecular weight excluding hydrogens is 304 g/mol. The van der Waals surface area contributed by atoms with E-state index in [1.807, 2.05) is 72.8 Å². The van der Waals surface area contributed by atoms with E-state index < -0.39 is 0 Å². The molecule has 0 atom stereocenters. The fraction of sp³-hybridized carbons (Fsp3) is 0.100. The number of para-hydroxylation sites is 2. The molecule has 0 fully saturated rings. The Bertz CT molecular complexity index is 711. The molecule has 0 N–H and O–H groups in total. The summed E-state index contributed by atoms with van der Waals surface area (Å²) in [6, 6.07) is 22.3. The minimum absolute atomic E-state index is 0.637. The predicted molar refractivity (Wildman–Crippen MR) is 92.6 cm³/mol. The van der Waals surface area contributed by atoms with Crippen molar-refractivity contribution in [3.8, 4) is 34.5 Å². The van der Waals surface area contributed by atoms with Crippen molar-refractivity contribution in [1.29, 1.82) is 0 Å². The summed E-state index contributed by atoms with van der Waals surface area (Å²) in [5.41, 5.74) is 0. The van der Waals surface area contributed by atoms with Gasteiger partial charge < -0.3 is 18.9 Å². The molecule has 0 aliphatic carbocycles. The van der Waals surface area contributed by atoms with Gasteiger partial charge in [0.25, 0.3) is 0 Å². The number of benzene rings is 3. The Morgan fingerprint density at radius 1 is 0.458 bits per heavy atom. The molecule has 0 saturated heterocycles. The number of hydrogen-bond donors (Lipinski definition) is 0. The van der Waals surface area contributed by atoms with Gasteiger partial charge in [0.1, 0.15) is 23.0 Å². The van der Waals surface area contributed by atoms with E-state index in [-0.39, 0.29) is 0 Å². The lowest BCUT2D eigenvalue weighted by Crippen LogP contribution is -1.91. The van der Waals surface area contributed by atoms with Crippen LogP contribution in [-0.2, 0) is 0 Å². The molecule has 0 unspecified atom stereocenters. The van der Waals surface area contributed by atoms with E-state index in [4.69, 9.17) is 18.9 Å². The third-order valence-electron chi connectivity index (χ3n) is 3.42. The smallest absolute Gasteiger partial charge is 0.169 e. The minimum Gasteiger partial charge on any atom is -0.497 e. The summed E-state index contributed by atoms with van der Waals surface area (Å²) in [7, 11) is 3.27. The summed E-state index contributed by atoms with van der Waals surface area (Å²) in [5.74, 6) is 4.26. The third-order valence-corrected chi connectivity index (χ3v) is 3.42. The molecule has 0 aromatic heterocycles. The molecule has 0 spiro atoms. The van der Waals surface area contributed by atoms with Crippen LogP contribution in [0.15, 0.2) is 72.8 Å². The number of ether oxygens (including phenoxy) is 4. The van der Waals surface area contributed by atoms with E-state index >= 15 is 0 Å². The molecule has 122 valence electrons. The molecule has 3 rings (SSSR count). The van der Waals surface area contributed by atoms with Crippen molar-refractivity contribution in [2.45, 2.75) is 0 Å². The Hall–Kier alpha value is -3.14. The van der Waals surface area contributed by atoms with Crippen molar-refractivity contribution >= 4 is 0 Å². The van der Waals surface area contributed by atoms with E-state index in [0.717, 1.165) is 11.5 Å². The Morgan fingerprint density at radius 2 is 0.792 bits per heavy atom. The van der Waals surface area contributed by atoms with Crippen molar-refractivity contribution in [2.24, 2.45) is 0 Å². The van der Waals surface area contributed by atoms with Crippen LogP contribution < -0.4 is 18.9 Å². The molecule has 0 bridgehead atoms. The summed E-state index contributed by atoms with van der Waals surface area (Å²) in [5, 5.41) is 0. The average molecular weight is 322 g/mol. The molecule has 24 heavy (non-hydrogen) atoms. The van der Waals surface area contributed by atoms with Crippen LogP contribution in [0.25, 0.3) is 0 Å². The first kappa shape index (κ1) is 15.7. The minimum atomic E-state index is 0.637. The zero-order chi connectivity index (χ0) is 16.8. The van der Waals surface area contributed by atoms with Crippen LogP contribution in [0.5, 0.6) is 34.5 Å². The number of methoxy groups -OCH3 is 2. The van der Waals surface area contributed by atoms with Gasteiger partial charge in [-0.25, -0.2) is 0 Å². The van der Waals surface area contributed by atoms with Crippen molar-refractivity contribution in [3.05, 3.63) is 72.8 Å². The molecule has 0 saturated carbocycles. The van der Waals surface area contributed by atoms with E-state index in [1.165, 1.54) is 0 Å². The van der Waals surface area contributed by atoms with Crippen molar-refractivity contribution in [1.82, 2.24) is 0 Å². The monoisotopic (exact) mass is 322 g/mol. The lowest BCUT2D eigenvalue weighted by Gasteiger charge is -2.12. The van der Waals surface area contributed by atoms with Gasteiger partial charge in [-0.15, -0.1) is 0 Å². The highest BCUT2D eigenvalue weighted by Gasteiger charge is 2.07.